The Hall–Kier alpha value is -1.59. The van der Waals surface area contributed by atoms with Crippen LogP contribution < -0.4 is 15.5 Å². The maximum absolute atomic E-state index is 12.1. The molecule has 0 spiro atoms. The average molecular weight is 345 g/mol. The van der Waals surface area contributed by atoms with Crippen LogP contribution in [0.4, 0.5) is 5.69 Å². The smallest absolute Gasteiger partial charge is 0.220 e. The van der Waals surface area contributed by atoms with Gasteiger partial charge in [0.25, 0.3) is 0 Å². The number of para-hydroxylation sites is 1. The highest BCUT2D eigenvalue weighted by Crippen LogP contribution is 2.17. The van der Waals surface area contributed by atoms with Crippen LogP contribution in [0.15, 0.2) is 30.3 Å². The van der Waals surface area contributed by atoms with Crippen molar-refractivity contribution in [1.29, 1.82) is 0 Å². The zero-order valence-corrected chi connectivity index (χ0v) is 15.4. The van der Waals surface area contributed by atoms with Gasteiger partial charge in [0.15, 0.2) is 0 Å². The van der Waals surface area contributed by atoms with E-state index in [2.05, 4.69) is 57.7 Å². The molecular formula is C20H32N4O. The molecule has 2 saturated heterocycles. The summed E-state index contributed by atoms with van der Waals surface area (Å²) in [6.07, 6.45) is 2.90. The van der Waals surface area contributed by atoms with Crippen LogP contribution in [-0.4, -0.2) is 62.7 Å². The lowest BCUT2D eigenvalue weighted by atomic mass is 10.0. The van der Waals surface area contributed by atoms with Crippen molar-refractivity contribution < 1.29 is 4.79 Å². The van der Waals surface area contributed by atoms with E-state index in [0.29, 0.717) is 18.4 Å². The second kappa shape index (κ2) is 9.20. The average Bonchev–Trinajstić information content (AvgIpc) is 3.19. The summed E-state index contributed by atoms with van der Waals surface area (Å²) in [5.74, 6) is 0.899. The van der Waals surface area contributed by atoms with E-state index in [0.717, 1.165) is 52.2 Å². The maximum Gasteiger partial charge on any atom is 0.220 e. The van der Waals surface area contributed by atoms with Crippen LogP contribution in [0.5, 0.6) is 0 Å². The molecule has 2 atom stereocenters. The van der Waals surface area contributed by atoms with E-state index < -0.39 is 0 Å². The third kappa shape index (κ3) is 5.44. The molecule has 5 nitrogen and oxygen atoms in total. The Morgan fingerprint density at radius 3 is 2.68 bits per heavy atom. The molecule has 2 aliphatic rings. The predicted octanol–water partition coefficient (Wildman–Crippen LogP) is 1.70. The highest BCUT2D eigenvalue weighted by atomic mass is 16.1. The van der Waals surface area contributed by atoms with Crippen LogP contribution in [-0.2, 0) is 4.79 Å². The van der Waals surface area contributed by atoms with Crippen molar-refractivity contribution >= 4 is 11.6 Å². The third-order valence-electron chi connectivity index (χ3n) is 5.60. The van der Waals surface area contributed by atoms with E-state index in [1.165, 1.54) is 12.1 Å². The summed E-state index contributed by atoms with van der Waals surface area (Å²) in [6.45, 7) is 9.38. The molecule has 2 N–H and O–H groups in total. The van der Waals surface area contributed by atoms with E-state index in [4.69, 9.17) is 0 Å². The summed E-state index contributed by atoms with van der Waals surface area (Å²) in [7, 11) is 0. The van der Waals surface area contributed by atoms with Gasteiger partial charge >= 0.3 is 0 Å². The second-order valence-electron chi connectivity index (χ2n) is 7.41. The Morgan fingerprint density at radius 1 is 1.24 bits per heavy atom. The van der Waals surface area contributed by atoms with Gasteiger partial charge in [-0.1, -0.05) is 18.2 Å². The Kier molecular flexibility index (Phi) is 6.70. The molecule has 0 radical (unpaired) electrons. The minimum atomic E-state index is 0.210. The van der Waals surface area contributed by atoms with Gasteiger partial charge in [-0.25, -0.2) is 0 Å². The summed E-state index contributed by atoms with van der Waals surface area (Å²) in [5, 5.41) is 6.49. The third-order valence-corrected chi connectivity index (χ3v) is 5.60. The van der Waals surface area contributed by atoms with Gasteiger partial charge in [0.05, 0.1) is 0 Å². The first-order valence-corrected chi connectivity index (χ1v) is 9.74. The Bertz CT molecular complexity index is 522. The van der Waals surface area contributed by atoms with Gasteiger partial charge in [0.1, 0.15) is 0 Å². The molecule has 0 aliphatic carbocycles. The molecule has 2 aliphatic heterocycles. The zero-order valence-electron chi connectivity index (χ0n) is 15.4. The van der Waals surface area contributed by atoms with Gasteiger partial charge in [-0.2, -0.15) is 0 Å². The number of carbonyl (C=O) groups excluding carboxylic acids is 1. The van der Waals surface area contributed by atoms with Crippen molar-refractivity contribution in [3.8, 4) is 0 Å². The number of hydrogen-bond donors (Lipinski definition) is 2. The van der Waals surface area contributed by atoms with Crippen LogP contribution in [0.3, 0.4) is 0 Å². The molecule has 0 saturated carbocycles. The standard InChI is InChI=1S/C20H32N4O/c1-17(15-22-20(25)8-7-18-9-10-21-16-18)23-11-13-24(14-12-23)19-5-3-2-4-6-19/h2-6,17-18,21H,7-16H2,1H3,(H,22,25). The fourth-order valence-electron chi connectivity index (χ4n) is 3.83. The molecule has 1 amide bonds. The van der Waals surface area contributed by atoms with E-state index in [1.807, 2.05) is 0 Å². The van der Waals surface area contributed by atoms with E-state index in [-0.39, 0.29) is 5.91 Å². The van der Waals surface area contributed by atoms with Crippen LogP contribution in [0.25, 0.3) is 0 Å². The highest BCUT2D eigenvalue weighted by molar-refractivity contribution is 5.75. The summed E-state index contributed by atoms with van der Waals surface area (Å²) in [5.41, 5.74) is 1.31. The van der Waals surface area contributed by atoms with Crippen molar-refractivity contribution in [3.05, 3.63) is 30.3 Å². The molecule has 0 aromatic heterocycles. The van der Waals surface area contributed by atoms with Gasteiger partial charge in [-0.05, 0) is 50.9 Å². The minimum absolute atomic E-state index is 0.210. The normalized spacial score (nSPS) is 22.8. The molecule has 2 fully saturated rings. The molecule has 5 heteroatoms. The van der Waals surface area contributed by atoms with Crippen molar-refractivity contribution in [2.45, 2.75) is 32.2 Å². The molecule has 3 rings (SSSR count). The topological polar surface area (TPSA) is 47.6 Å². The number of carbonyl (C=O) groups is 1. The monoisotopic (exact) mass is 344 g/mol. The fourth-order valence-corrected chi connectivity index (χ4v) is 3.83. The number of amides is 1. The van der Waals surface area contributed by atoms with Gasteiger partial charge in [-0.15, -0.1) is 0 Å². The van der Waals surface area contributed by atoms with Gasteiger partial charge in [0, 0.05) is 50.9 Å². The number of piperazine rings is 1. The molecule has 1 aromatic rings. The first-order chi connectivity index (χ1) is 12.2. The van der Waals surface area contributed by atoms with Crippen LogP contribution >= 0.6 is 0 Å². The molecule has 2 heterocycles. The summed E-state index contributed by atoms with van der Waals surface area (Å²) >= 11 is 0. The number of hydrogen-bond acceptors (Lipinski definition) is 4. The zero-order chi connectivity index (χ0) is 17.5. The second-order valence-corrected chi connectivity index (χ2v) is 7.41. The lowest BCUT2D eigenvalue weighted by Gasteiger charge is -2.39. The number of anilines is 1. The van der Waals surface area contributed by atoms with E-state index >= 15 is 0 Å². The lowest BCUT2D eigenvalue weighted by molar-refractivity contribution is -0.121. The summed E-state index contributed by atoms with van der Waals surface area (Å²) in [4.78, 5) is 17.0. The number of benzene rings is 1. The number of rotatable bonds is 7. The van der Waals surface area contributed by atoms with E-state index in [9.17, 15) is 4.79 Å². The Balaban J connectivity index is 1.33. The first-order valence-electron chi connectivity index (χ1n) is 9.74. The van der Waals surface area contributed by atoms with Crippen LogP contribution in [0, 0.1) is 5.92 Å². The molecule has 1 aromatic carbocycles. The van der Waals surface area contributed by atoms with Gasteiger partial charge < -0.3 is 15.5 Å². The largest absolute Gasteiger partial charge is 0.369 e. The fraction of sp³-hybridized carbons (Fsp3) is 0.650. The Morgan fingerprint density at radius 2 is 2.00 bits per heavy atom. The van der Waals surface area contributed by atoms with Crippen LogP contribution in [0.2, 0.25) is 0 Å². The predicted molar refractivity (Wildman–Crippen MR) is 103 cm³/mol. The number of nitrogens with zero attached hydrogens (tertiary/aromatic N) is 2. The van der Waals surface area contributed by atoms with Gasteiger partial charge in [-0.3, -0.25) is 9.69 Å². The quantitative estimate of drug-likeness (QED) is 0.790. The van der Waals surface area contributed by atoms with Crippen molar-refractivity contribution in [3.63, 3.8) is 0 Å². The van der Waals surface area contributed by atoms with Gasteiger partial charge in [0.2, 0.25) is 5.91 Å². The van der Waals surface area contributed by atoms with Crippen LogP contribution in [0.1, 0.15) is 26.2 Å². The Labute approximate surface area is 151 Å². The molecule has 25 heavy (non-hydrogen) atoms. The molecular weight excluding hydrogens is 312 g/mol. The van der Waals surface area contributed by atoms with Crippen molar-refractivity contribution in [1.82, 2.24) is 15.5 Å². The lowest BCUT2D eigenvalue weighted by Crippen LogP contribution is -2.52. The molecule has 138 valence electrons. The summed E-state index contributed by atoms with van der Waals surface area (Å²) < 4.78 is 0. The van der Waals surface area contributed by atoms with Crippen molar-refractivity contribution in [2.75, 3.05) is 50.7 Å². The number of nitrogens with one attached hydrogen (secondary N) is 2. The minimum Gasteiger partial charge on any atom is -0.369 e. The highest BCUT2D eigenvalue weighted by Gasteiger charge is 2.22. The van der Waals surface area contributed by atoms with Crippen molar-refractivity contribution in [2.24, 2.45) is 5.92 Å². The maximum atomic E-state index is 12.1. The molecule has 0 bridgehead atoms. The summed E-state index contributed by atoms with van der Waals surface area (Å²) in [6, 6.07) is 11.0. The van der Waals surface area contributed by atoms with E-state index in [1.54, 1.807) is 0 Å². The first kappa shape index (κ1) is 18.2. The SMILES string of the molecule is CC(CNC(=O)CCC1CCNC1)N1CCN(c2ccccc2)CC1. The molecule has 2 unspecified atom stereocenters.